The molecule has 2 amide bonds. The van der Waals surface area contributed by atoms with Crippen molar-refractivity contribution in [2.45, 2.75) is 38.5 Å². The van der Waals surface area contributed by atoms with Crippen LogP contribution in [0.15, 0.2) is 18.3 Å². The Bertz CT molecular complexity index is 572. The van der Waals surface area contributed by atoms with Crippen molar-refractivity contribution in [3.8, 4) is 0 Å². The molecule has 1 saturated heterocycles. The molecule has 2 heterocycles. The van der Waals surface area contributed by atoms with Gasteiger partial charge in [-0.1, -0.05) is 12.8 Å². The van der Waals surface area contributed by atoms with Crippen LogP contribution in [0, 0.1) is 11.8 Å². The van der Waals surface area contributed by atoms with E-state index in [0.29, 0.717) is 11.5 Å². The van der Waals surface area contributed by atoms with Crippen molar-refractivity contribution >= 4 is 35.7 Å². The van der Waals surface area contributed by atoms with Crippen molar-refractivity contribution in [2.24, 2.45) is 11.8 Å². The van der Waals surface area contributed by atoms with Crippen LogP contribution in [0.5, 0.6) is 0 Å². The summed E-state index contributed by atoms with van der Waals surface area (Å²) in [5.41, 5.74) is 6.18. The zero-order valence-electron chi connectivity index (χ0n) is 13.7. The Balaban J connectivity index is 0.00000208. The van der Waals surface area contributed by atoms with Crippen LogP contribution < -0.4 is 11.1 Å². The van der Waals surface area contributed by atoms with E-state index in [1.165, 1.54) is 0 Å². The number of pyridine rings is 1. The number of likely N-dealkylation sites (tertiary alicyclic amines) is 1. The van der Waals surface area contributed by atoms with Crippen molar-refractivity contribution in [3.63, 3.8) is 0 Å². The molecule has 2 aliphatic rings. The van der Waals surface area contributed by atoms with Crippen LogP contribution in [0.25, 0.3) is 0 Å². The smallest absolute Gasteiger partial charge is 0.228 e. The summed E-state index contributed by atoms with van der Waals surface area (Å²) in [6, 6.07) is 3.39. The fourth-order valence-electron chi connectivity index (χ4n) is 3.63. The van der Waals surface area contributed by atoms with Gasteiger partial charge in [0, 0.05) is 24.9 Å². The number of anilines is 2. The molecule has 0 radical (unpaired) electrons. The number of halogens is 1. The third-order valence-corrected chi connectivity index (χ3v) is 4.89. The highest BCUT2D eigenvalue weighted by atomic mass is 35.5. The molecule has 2 atom stereocenters. The third kappa shape index (κ3) is 4.17. The minimum absolute atomic E-state index is 0. The van der Waals surface area contributed by atoms with E-state index in [0.717, 1.165) is 51.6 Å². The van der Waals surface area contributed by atoms with Crippen LogP contribution in [0.4, 0.5) is 11.5 Å². The lowest BCUT2D eigenvalue weighted by molar-refractivity contribution is -0.141. The Morgan fingerprint density at radius 1 is 1.08 bits per heavy atom. The fraction of sp³-hybridized carbons (Fsp3) is 0.588. The van der Waals surface area contributed by atoms with Crippen molar-refractivity contribution in [1.82, 2.24) is 9.88 Å². The number of hydrogen-bond donors (Lipinski definition) is 2. The number of nitrogens with zero attached hydrogens (tertiary/aromatic N) is 2. The number of aromatic nitrogens is 1. The van der Waals surface area contributed by atoms with Crippen LogP contribution in [-0.4, -0.2) is 34.8 Å². The molecule has 24 heavy (non-hydrogen) atoms. The molecule has 2 fully saturated rings. The molecule has 1 aliphatic carbocycles. The van der Waals surface area contributed by atoms with Gasteiger partial charge in [-0.3, -0.25) is 9.59 Å². The van der Waals surface area contributed by atoms with Gasteiger partial charge in [-0.2, -0.15) is 0 Å². The van der Waals surface area contributed by atoms with Crippen molar-refractivity contribution in [2.75, 3.05) is 24.1 Å². The Hall–Kier alpha value is -1.82. The Morgan fingerprint density at radius 3 is 2.38 bits per heavy atom. The number of nitrogens with two attached hydrogens (primary N) is 1. The van der Waals surface area contributed by atoms with Gasteiger partial charge < -0.3 is 16.0 Å². The van der Waals surface area contributed by atoms with E-state index in [1.807, 2.05) is 4.90 Å². The first-order valence-electron chi connectivity index (χ1n) is 8.46. The van der Waals surface area contributed by atoms with Crippen molar-refractivity contribution in [1.29, 1.82) is 0 Å². The van der Waals surface area contributed by atoms with Gasteiger partial charge in [0.25, 0.3) is 0 Å². The van der Waals surface area contributed by atoms with E-state index in [4.69, 9.17) is 5.73 Å². The first-order chi connectivity index (χ1) is 11.1. The maximum absolute atomic E-state index is 12.7. The van der Waals surface area contributed by atoms with E-state index >= 15 is 0 Å². The molecule has 0 aromatic carbocycles. The second-order valence-corrected chi connectivity index (χ2v) is 6.49. The van der Waals surface area contributed by atoms with E-state index in [9.17, 15) is 9.59 Å². The summed E-state index contributed by atoms with van der Waals surface area (Å²) in [7, 11) is 0. The number of hydrogen-bond acceptors (Lipinski definition) is 4. The molecule has 7 heteroatoms. The summed E-state index contributed by atoms with van der Waals surface area (Å²) in [6.45, 7) is 1.68. The molecular weight excluding hydrogens is 328 g/mol. The molecule has 2 unspecified atom stereocenters. The zero-order valence-corrected chi connectivity index (χ0v) is 14.6. The van der Waals surface area contributed by atoms with E-state index in [-0.39, 0.29) is 36.1 Å². The highest BCUT2D eigenvalue weighted by molar-refractivity contribution is 5.96. The normalized spacial score (nSPS) is 23.4. The average molecular weight is 353 g/mol. The standard InChI is InChI=1S/C17H24N4O2.ClH/c18-15-8-7-12(11-19-15)20-16(22)13-5-1-2-6-14(13)17(23)21-9-3-4-10-21;/h7-8,11,13-14H,1-6,9-10H2,(H2,18,19)(H,20,22);1H. The maximum atomic E-state index is 12.7. The van der Waals surface area contributed by atoms with Crippen molar-refractivity contribution in [3.05, 3.63) is 18.3 Å². The topological polar surface area (TPSA) is 88.3 Å². The second-order valence-electron chi connectivity index (χ2n) is 6.49. The molecule has 1 aromatic heterocycles. The average Bonchev–Trinajstić information content (AvgIpc) is 3.11. The molecule has 3 N–H and O–H groups in total. The van der Waals surface area contributed by atoms with Crippen LogP contribution in [0.3, 0.4) is 0 Å². The quantitative estimate of drug-likeness (QED) is 0.874. The largest absolute Gasteiger partial charge is 0.384 e. The van der Waals surface area contributed by atoms with Gasteiger partial charge in [0.2, 0.25) is 11.8 Å². The minimum atomic E-state index is -0.241. The first-order valence-corrected chi connectivity index (χ1v) is 8.46. The van der Waals surface area contributed by atoms with Crippen LogP contribution in [0.1, 0.15) is 38.5 Å². The molecule has 3 rings (SSSR count). The maximum Gasteiger partial charge on any atom is 0.228 e. The molecule has 1 saturated carbocycles. The third-order valence-electron chi connectivity index (χ3n) is 4.89. The number of carbonyl (C=O) groups is 2. The minimum Gasteiger partial charge on any atom is -0.384 e. The van der Waals surface area contributed by atoms with Gasteiger partial charge >= 0.3 is 0 Å². The summed E-state index contributed by atoms with van der Waals surface area (Å²) >= 11 is 0. The second kappa shape index (κ2) is 8.33. The number of amides is 2. The monoisotopic (exact) mass is 352 g/mol. The molecule has 0 spiro atoms. The van der Waals surface area contributed by atoms with Crippen molar-refractivity contribution < 1.29 is 9.59 Å². The predicted octanol–water partition coefficient (Wildman–Crippen LogP) is 2.45. The number of carbonyl (C=O) groups excluding carboxylic acids is 2. The van der Waals surface area contributed by atoms with E-state index in [2.05, 4.69) is 10.3 Å². The van der Waals surface area contributed by atoms with E-state index < -0.39 is 0 Å². The lowest BCUT2D eigenvalue weighted by atomic mass is 9.78. The molecule has 1 aliphatic heterocycles. The van der Waals surface area contributed by atoms with Crippen LogP contribution in [-0.2, 0) is 9.59 Å². The van der Waals surface area contributed by atoms with Gasteiger partial charge in [0.15, 0.2) is 0 Å². The Morgan fingerprint density at radius 2 is 1.75 bits per heavy atom. The Kier molecular flexibility index (Phi) is 6.43. The number of nitrogen functional groups attached to an aromatic ring is 1. The predicted molar refractivity (Wildman–Crippen MR) is 95.8 cm³/mol. The molecule has 1 aromatic rings. The lowest BCUT2D eigenvalue weighted by Crippen LogP contribution is -2.42. The fourth-order valence-corrected chi connectivity index (χ4v) is 3.63. The molecule has 6 nitrogen and oxygen atoms in total. The van der Waals surface area contributed by atoms with Gasteiger partial charge in [0.1, 0.15) is 5.82 Å². The SMILES string of the molecule is Cl.Nc1ccc(NC(=O)C2CCCCC2C(=O)N2CCCC2)cn1. The summed E-state index contributed by atoms with van der Waals surface area (Å²) in [5.74, 6) is 0.0901. The van der Waals surface area contributed by atoms with Crippen LogP contribution >= 0.6 is 12.4 Å². The molecule has 132 valence electrons. The first kappa shape index (κ1) is 18.5. The molecular formula is C17H25ClN4O2. The highest BCUT2D eigenvalue weighted by Crippen LogP contribution is 2.33. The summed E-state index contributed by atoms with van der Waals surface area (Å²) in [6.07, 6.45) is 7.32. The summed E-state index contributed by atoms with van der Waals surface area (Å²) in [4.78, 5) is 31.3. The summed E-state index contributed by atoms with van der Waals surface area (Å²) in [5, 5.41) is 2.89. The van der Waals surface area contributed by atoms with Gasteiger partial charge in [-0.15, -0.1) is 12.4 Å². The van der Waals surface area contributed by atoms with E-state index in [1.54, 1.807) is 18.3 Å². The van der Waals surface area contributed by atoms with Gasteiger partial charge in [0.05, 0.1) is 11.9 Å². The molecule has 0 bridgehead atoms. The van der Waals surface area contributed by atoms with Crippen LogP contribution in [0.2, 0.25) is 0 Å². The Labute approximate surface area is 148 Å². The number of nitrogens with one attached hydrogen (secondary N) is 1. The lowest BCUT2D eigenvalue weighted by Gasteiger charge is -2.32. The highest BCUT2D eigenvalue weighted by Gasteiger charge is 2.38. The zero-order chi connectivity index (χ0) is 16.2. The van der Waals surface area contributed by atoms with Gasteiger partial charge in [-0.25, -0.2) is 4.98 Å². The number of rotatable bonds is 3. The van der Waals surface area contributed by atoms with Gasteiger partial charge in [-0.05, 0) is 37.8 Å². The summed E-state index contributed by atoms with van der Waals surface area (Å²) < 4.78 is 0.